The normalized spacial score (nSPS) is 12.1. The number of nitrogens with zero attached hydrogens (tertiary/aromatic N) is 3. The lowest BCUT2D eigenvalue weighted by Gasteiger charge is -2.03. The van der Waals surface area contributed by atoms with Crippen LogP contribution >= 0.6 is 11.3 Å². The molecule has 2 aromatic carbocycles. The summed E-state index contributed by atoms with van der Waals surface area (Å²) in [4.78, 5) is 4.46. The highest BCUT2D eigenvalue weighted by Gasteiger charge is 2.06. The third kappa shape index (κ3) is 4.59. The molecule has 130 valence electrons. The summed E-state index contributed by atoms with van der Waals surface area (Å²) in [5.74, 6) is -0.543. The first-order valence-electron chi connectivity index (χ1n) is 7.39. The van der Waals surface area contributed by atoms with Crippen LogP contribution in [-0.2, 0) is 10.1 Å². The summed E-state index contributed by atoms with van der Waals surface area (Å²) in [6.07, 6.45) is 0. The van der Waals surface area contributed by atoms with Crippen molar-refractivity contribution in [1.82, 2.24) is 4.98 Å². The van der Waals surface area contributed by atoms with Crippen LogP contribution in [0.15, 0.2) is 46.6 Å². The standard InChI is InChI=1S/C16H16N4O3S2/c1-10-7-14-15(8-11(10)2)24-16(18-14)20-19-13-5-3-12(4-6-13)17-9-25(21,22)23/h3-8,17H,9H2,1-2H3,(H,21,22,23). The highest BCUT2D eigenvalue weighted by atomic mass is 32.2. The summed E-state index contributed by atoms with van der Waals surface area (Å²) in [5, 5.41) is 11.5. The lowest BCUT2D eigenvalue weighted by molar-refractivity contribution is 0.485. The van der Waals surface area contributed by atoms with Gasteiger partial charge in [0.2, 0.25) is 5.13 Å². The number of benzene rings is 2. The van der Waals surface area contributed by atoms with E-state index in [1.54, 1.807) is 24.3 Å². The van der Waals surface area contributed by atoms with Gasteiger partial charge in [0.1, 0.15) is 5.88 Å². The van der Waals surface area contributed by atoms with Gasteiger partial charge in [0.05, 0.1) is 15.9 Å². The van der Waals surface area contributed by atoms with Crippen LogP contribution in [0.2, 0.25) is 0 Å². The first-order valence-corrected chi connectivity index (χ1v) is 9.81. The SMILES string of the molecule is Cc1cc2nc(N=Nc3ccc(NCS(=O)(=O)O)cc3)sc2cc1C. The summed E-state index contributed by atoms with van der Waals surface area (Å²) in [6, 6.07) is 10.8. The minimum atomic E-state index is -4.06. The Kier molecular flexibility index (Phi) is 4.80. The topological polar surface area (TPSA) is 104 Å². The van der Waals surface area contributed by atoms with Gasteiger partial charge in [0, 0.05) is 5.69 Å². The zero-order valence-electron chi connectivity index (χ0n) is 13.6. The molecule has 9 heteroatoms. The van der Waals surface area contributed by atoms with Gasteiger partial charge in [-0.3, -0.25) is 4.55 Å². The van der Waals surface area contributed by atoms with Crippen LogP contribution in [0.25, 0.3) is 10.2 Å². The van der Waals surface area contributed by atoms with E-state index < -0.39 is 16.0 Å². The summed E-state index contributed by atoms with van der Waals surface area (Å²) in [7, 11) is -4.06. The van der Waals surface area contributed by atoms with Gasteiger partial charge in [-0.15, -0.1) is 10.2 Å². The summed E-state index contributed by atoms with van der Waals surface area (Å²) >= 11 is 1.48. The maximum atomic E-state index is 10.7. The fourth-order valence-electron chi connectivity index (χ4n) is 2.13. The van der Waals surface area contributed by atoms with Crippen LogP contribution in [0, 0.1) is 13.8 Å². The Balaban J connectivity index is 1.73. The second-order valence-electron chi connectivity index (χ2n) is 5.55. The van der Waals surface area contributed by atoms with E-state index in [4.69, 9.17) is 4.55 Å². The Morgan fingerprint density at radius 1 is 1.12 bits per heavy atom. The van der Waals surface area contributed by atoms with Crippen molar-refractivity contribution in [2.45, 2.75) is 13.8 Å². The highest BCUT2D eigenvalue weighted by Crippen LogP contribution is 2.31. The second kappa shape index (κ2) is 6.87. The van der Waals surface area contributed by atoms with Gasteiger partial charge in [-0.1, -0.05) is 11.3 Å². The Morgan fingerprint density at radius 3 is 2.48 bits per heavy atom. The zero-order valence-corrected chi connectivity index (χ0v) is 15.2. The number of hydrogen-bond acceptors (Lipinski definition) is 7. The van der Waals surface area contributed by atoms with Crippen molar-refractivity contribution in [2.75, 3.05) is 11.2 Å². The molecule has 7 nitrogen and oxygen atoms in total. The largest absolute Gasteiger partial charge is 0.370 e. The van der Waals surface area contributed by atoms with Crippen LogP contribution in [0.5, 0.6) is 0 Å². The summed E-state index contributed by atoms with van der Waals surface area (Å²) in [5.41, 5.74) is 4.49. The molecular formula is C16H16N4O3S2. The van der Waals surface area contributed by atoms with Crippen LogP contribution in [0.4, 0.5) is 16.5 Å². The first kappa shape index (κ1) is 17.5. The first-order chi connectivity index (χ1) is 11.8. The number of hydrogen-bond donors (Lipinski definition) is 2. The number of fused-ring (bicyclic) bond motifs is 1. The lowest BCUT2D eigenvalue weighted by atomic mass is 10.1. The molecule has 0 saturated carbocycles. The van der Waals surface area contributed by atoms with Crippen molar-refractivity contribution in [3.63, 3.8) is 0 Å². The fraction of sp³-hybridized carbons (Fsp3) is 0.188. The average Bonchev–Trinajstić information content (AvgIpc) is 2.93. The van der Waals surface area contributed by atoms with Crippen LogP contribution in [0.3, 0.4) is 0 Å². The molecule has 1 aromatic heterocycles. The average molecular weight is 376 g/mol. The van der Waals surface area contributed by atoms with E-state index in [1.165, 1.54) is 22.5 Å². The molecule has 0 aliphatic heterocycles. The van der Waals surface area contributed by atoms with E-state index in [-0.39, 0.29) is 0 Å². The quantitative estimate of drug-likeness (QED) is 0.501. The fourth-order valence-corrected chi connectivity index (χ4v) is 3.35. The van der Waals surface area contributed by atoms with Crippen molar-refractivity contribution in [1.29, 1.82) is 0 Å². The van der Waals surface area contributed by atoms with Crippen LogP contribution in [0.1, 0.15) is 11.1 Å². The highest BCUT2D eigenvalue weighted by molar-refractivity contribution is 7.85. The molecule has 25 heavy (non-hydrogen) atoms. The second-order valence-corrected chi connectivity index (χ2v) is 8.01. The summed E-state index contributed by atoms with van der Waals surface area (Å²) in [6.45, 7) is 4.11. The molecule has 0 spiro atoms. The molecule has 0 unspecified atom stereocenters. The van der Waals surface area contributed by atoms with E-state index in [0.29, 0.717) is 16.5 Å². The van der Waals surface area contributed by atoms with Gasteiger partial charge in [0.15, 0.2) is 0 Å². The Labute approximate surface area is 149 Å². The number of aromatic nitrogens is 1. The molecule has 3 aromatic rings. The molecule has 0 fully saturated rings. The minimum absolute atomic E-state index is 0.543. The maximum Gasteiger partial charge on any atom is 0.283 e. The van der Waals surface area contributed by atoms with Crippen molar-refractivity contribution < 1.29 is 13.0 Å². The van der Waals surface area contributed by atoms with Gasteiger partial charge in [-0.25, -0.2) is 4.98 Å². The molecular weight excluding hydrogens is 360 g/mol. The van der Waals surface area contributed by atoms with E-state index >= 15 is 0 Å². The van der Waals surface area contributed by atoms with E-state index in [2.05, 4.69) is 33.5 Å². The predicted molar refractivity (Wildman–Crippen MR) is 99.8 cm³/mol. The molecule has 0 bridgehead atoms. The molecule has 3 rings (SSSR count). The number of rotatable bonds is 5. The number of thiazole rings is 1. The van der Waals surface area contributed by atoms with E-state index in [0.717, 1.165) is 10.2 Å². The van der Waals surface area contributed by atoms with Crippen molar-refractivity contribution in [2.24, 2.45) is 10.2 Å². The number of nitrogens with one attached hydrogen (secondary N) is 1. The maximum absolute atomic E-state index is 10.7. The van der Waals surface area contributed by atoms with Crippen molar-refractivity contribution >= 4 is 48.2 Å². The molecule has 0 atom stereocenters. The van der Waals surface area contributed by atoms with Gasteiger partial charge in [0.25, 0.3) is 10.1 Å². The zero-order chi connectivity index (χ0) is 18.0. The molecule has 0 amide bonds. The molecule has 0 radical (unpaired) electrons. The van der Waals surface area contributed by atoms with Crippen LogP contribution < -0.4 is 5.32 Å². The summed E-state index contributed by atoms with van der Waals surface area (Å²) < 4.78 is 31.2. The van der Waals surface area contributed by atoms with E-state index in [9.17, 15) is 8.42 Å². The van der Waals surface area contributed by atoms with Crippen LogP contribution in [-0.4, -0.2) is 23.8 Å². The third-order valence-corrected chi connectivity index (χ3v) is 4.98. The van der Waals surface area contributed by atoms with Gasteiger partial charge >= 0.3 is 0 Å². The Morgan fingerprint density at radius 2 is 1.80 bits per heavy atom. The monoisotopic (exact) mass is 376 g/mol. The molecule has 2 N–H and O–H groups in total. The van der Waals surface area contributed by atoms with Gasteiger partial charge in [-0.05, 0) is 61.4 Å². The third-order valence-electron chi connectivity index (χ3n) is 3.57. The van der Waals surface area contributed by atoms with Gasteiger partial charge < -0.3 is 5.32 Å². The molecule has 1 heterocycles. The minimum Gasteiger partial charge on any atom is -0.370 e. The van der Waals surface area contributed by atoms with Gasteiger partial charge in [-0.2, -0.15) is 8.42 Å². The smallest absolute Gasteiger partial charge is 0.283 e. The molecule has 0 aliphatic rings. The number of aryl methyl sites for hydroxylation is 2. The number of azo groups is 1. The molecule has 0 saturated heterocycles. The van der Waals surface area contributed by atoms with Crippen molar-refractivity contribution in [3.8, 4) is 0 Å². The molecule has 0 aliphatic carbocycles. The predicted octanol–water partition coefficient (Wildman–Crippen LogP) is 4.59. The Hall–Kier alpha value is -2.36. The van der Waals surface area contributed by atoms with E-state index in [1.807, 2.05) is 13.0 Å². The lowest BCUT2D eigenvalue weighted by Crippen LogP contribution is -2.12. The van der Waals surface area contributed by atoms with Crippen molar-refractivity contribution in [3.05, 3.63) is 47.5 Å². The number of anilines is 1. The Bertz CT molecular complexity index is 1000.